The van der Waals surface area contributed by atoms with Gasteiger partial charge in [-0.3, -0.25) is 4.40 Å². The van der Waals surface area contributed by atoms with Crippen molar-refractivity contribution in [3.8, 4) is 17.4 Å². The predicted octanol–water partition coefficient (Wildman–Crippen LogP) is 1.57. The molecule has 11 nitrogen and oxygen atoms in total. The van der Waals surface area contributed by atoms with Crippen molar-refractivity contribution in [3.63, 3.8) is 0 Å². The third-order valence-corrected chi connectivity index (χ3v) is 5.39. The Morgan fingerprint density at radius 1 is 1.05 bits per heavy atom. The Labute approximate surface area is 218 Å². The summed E-state index contributed by atoms with van der Waals surface area (Å²) in [6.07, 6.45) is -0.792. The van der Waals surface area contributed by atoms with Crippen LogP contribution in [0.4, 0.5) is 0 Å². The fraction of sp³-hybridized carbons (Fsp3) is 0.320. The summed E-state index contributed by atoms with van der Waals surface area (Å²) in [5.41, 5.74) is 1.05. The van der Waals surface area contributed by atoms with Crippen molar-refractivity contribution in [1.29, 1.82) is 0 Å². The predicted molar refractivity (Wildman–Crippen MR) is 139 cm³/mol. The molecule has 198 valence electrons. The van der Waals surface area contributed by atoms with Gasteiger partial charge in [-0.25, -0.2) is 14.3 Å². The van der Waals surface area contributed by atoms with Crippen molar-refractivity contribution in [2.75, 3.05) is 40.0 Å². The van der Waals surface area contributed by atoms with Gasteiger partial charge in [-0.2, -0.15) is 0 Å². The molecular formula is C25H29ClN4O7. The normalized spacial score (nSPS) is 11.6. The van der Waals surface area contributed by atoms with Gasteiger partial charge in [-0.05, 0) is 36.4 Å². The summed E-state index contributed by atoms with van der Waals surface area (Å²) in [5.74, 6) is 1.00. The maximum atomic E-state index is 12.6. The van der Waals surface area contributed by atoms with Crippen LogP contribution in [0, 0.1) is 0 Å². The van der Waals surface area contributed by atoms with Crippen LogP contribution < -0.4 is 25.2 Å². The van der Waals surface area contributed by atoms with E-state index in [1.165, 1.54) is 11.8 Å². The molecule has 2 aromatic carbocycles. The molecule has 0 spiro atoms. The van der Waals surface area contributed by atoms with Crippen LogP contribution in [-0.4, -0.2) is 71.4 Å². The number of esters is 1. The van der Waals surface area contributed by atoms with Crippen LogP contribution in [0.3, 0.4) is 0 Å². The van der Waals surface area contributed by atoms with Gasteiger partial charge in [0.1, 0.15) is 36.3 Å². The number of ether oxygens (including phenoxy) is 4. The highest BCUT2D eigenvalue weighted by molar-refractivity contribution is 5.88. The molecule has 0 fully saturated rings. The van der Waals surface area contributed by atoms with Gasteiger partial charge >= 0.3 is 11.7 Å². The molecule has 1 atom stereocenters. The van der Waals surface area contributed by atoms with Crippen LogP contribution in [0.5, 0.6) is 17.4 Å². The Balaban J connectivity index is 0.00000380. The number of nitrogens with zero attached hydrogens (tertiary/aromatic N) is 3. The van der Waals surface area contributed by atoms with Gasteiger partial charge in [0.15, 0.2) is 6.61 Å². The minimum Gasteiger partial charge on any atom is -0.492 e. The number of aliphatic hydroxyl groups is 1. The smallest absolute Gasteiger partial charge is 0.349 e. The molecule has 0 aliphatic rings. The number of halogens is 1. The molecular weight excluding hydrogens is 504 g/mol. The number of benzene rings is 2. The highest BCUT2D eigenvalue weighted by Gasteiger charge is 2.15. The number of hydrogen-bond acceptors (Lipinski definition) is 9. The van der Waals surface area contributed by atoms with Crippen molar-refractivity contribution < 1.29 is 28.8 Å². The lowest BCUT2D eigenvalue weighted by Gasteiger charge is -2.14. The van der Waals surface area contributed by atoms with Crippen molar-refractivity contribution in [2.45, 2.75) is 6.10 Å². The summed E-state index contributed by atoms with van der Waals surface area (Å²) in [6, 6.07) is 16.3. The minimum absolute atomic E-state index is 0. The number of aryl methyl sites for hydroxylation is 1. The average Bonchev–Trinajstić information content (AvgIpc) is 3.29. The number of aromatic nitrogens is 3. The maximum absolute atomic E-state index is 12.6. The van der Waals surface area contributed by atoms with Gasteiger partial charge in [0.25, 0.3) is 5.88 Å². The molecule has 2 aromatic heterocycles. The second-order valence-corrected chi connectivity index (χ2v) is 7.99. The first-order chi connectivity index (χ1) is 17.5. The summed E-state index contributed by atoms with van der Waals surface area (Å²) in [7, 11) is 2.86. The third kappa shape index (κ3) is 6.91. The van der Waals surface area contributed by atoms with Crippen LogP contribution in [0.25, 0.3) is 16.4 Å². The van der Waals surface area contributed by atoms with Gasteiger partial charge in [0, 0.05) is 25.5 Å². The molecule has 4 aromatic rings. The first-order valence-corrected chi connectivity index (χ1v) is 11.4. The van der Waals surface area contributed by atoms with E-state index in [0.717, 1.165) is 10.9 Å². The molecule has 0 bridgehead atoms. The molecule has 0 saturated heterocycles. The van der Waals surface area contributed by atoms with E-state index in [-0.39, 0.29) is 43.7 Å². The van der Waals surface area contributed by atoms with E-state index in [2.05, 4.69) is 15.2 Å². The number of carbonyl (C=O) groups is 1. The van der Waals surface area contributed by atoms with E-state index in [0.29, 0.717) is 30.2 Å². The van der Waals surface area contributed by atoms with Crippen LogP contribution in [-0.2, 0) is 16.6 Å². The van der Waals surface area contributed by atoms with Gasteiger partial charge in [-0.15, -0.1) is 17.5 Å². The molecule has 1 unspecified atom stereocenters. The van der Waals surface area contributed by atoms with E-state index in [1.54, 1.807) is 35.7 Å². The average molecular weight is 533 g/mol. The van der Waals surface area contributed by atoms with E-state index in [1.807, 2.05) is 30.3 Å². The Hall–Kier alpha value is -3.80. The molecule has 0 amide bonds. The van der Waals surface area contributed by atoms with Gasteiger partial charge in [0.05, 0.1) is 12.6 Å². The molecule has 0 saturated carbocycles. The highest BCUT2D eigenvalue weighted by Crippen LogP contribution is 2.24. The van der Waals surface area contributed by atoms with Gasteiger partial charge < -0.3 is 29.4 Å². The van der Waals surface area contributed by atoms with E-state index < -0.39 is 12.1 Å². The number of aliphatic hydroxyl groups excluding tert-OH is 1. The fourth-order valence-corrected chi connectivity index (χ4v) is 3.57. The van der Waals surface area contributed by atoms with Crippen LogP contribution in [0.1, 0.15) is 0 Å². The van der Waals surface area contributed by atoms with Crippen LogP contribution >= 0.6 is 12.4 Å². The second kappa shape index (κ2) is 12.9. The number of rotatable bonds is 12. The standard InChI is InChI=1S/C25H28N4O7.ClH/c1-28-25(32)29-21-6-4-3-5-17(21)13-22(29)24(27-28)36-15-18(30)14-26-11-12-34-19-7-9-20(10-8-19)35-16-23(31)33-2;/h3-10,13,18,26,30H,11-12,14-16H2,1-2H3;1H. The summed E-state index contributed by atoms with van der Waals surface area (Å²) in [5, 5.41) is 18.6. The molecule has 2 heterocycles. The first-order valence-electron chi connectivity index (χ1n) is 11.4. The number of fused-ring (bicyclic) bond motifs is 3. The monoisotopic (exact) mass is 532 g/mol. The first kappa shape index (κ1) is 27.8. The Kier molecular flexibility index (Phi) is 9.72. The maximum Gasteiger partial charge on any atom is 0.349 e. The van der Waals surface area contributed by atoms with Crippen molar-refractivity contribution in [1.82, 2.24) is 19.5 Å². The summed E-state index contributed by atoms with van der Waals surface area (Å²) >= 11 is 0. The topological polar surface area (TPSA) is 126 Å². The number of carbonyl (C=O) groups excluding carboxylic acids is 1. The quantitative estimate of drug-likeness (QED) is 0.206. The second-order valence-electron chi connectivity index (χ2n) is 7.99. The van der Waals surface area contributed by atoms with Crippen molar-refractivity contribution in [3.05, 3.63) is 65.1 Å². The lowest BCUT2D eigenvalue weighted by Crippen LogP contribution is -2.34. The molecule has 4 rings (SSSR count). The Bertz CT molecular complexity index is 1390. The molecule has 37 heavy (non-hydrogen) atoms. The van der Waals surface area contributed by atoms with Gasteiger partial charge in [0.2, 0.25) is 0 Å². The zero-order chi connectivity index (χ0) is 25.5. The molecule has 12 heteroatoms. The van der Waals surface area contributed by atoms with Gasteiger partial charge in [-0.1, -0.05) is 18.2 Å². The zero-order valence-corrected chi connectivity index (χ0v) is 21.3. The zero-order valence-electron chi connectivity index (χ0n) is 20.5. The molecule has 0 radical (unpaired) electrons. The molecule has 0 aliphatic carbocycles. The number of para-hydroxylation sites is 1. The van der Waals surface area contributed by atoms with Crippen LogP contribution in [0.15, 0.2) is 59.4 Å². The highest BCUT2D eigenvalue weighted by atomic mass is 35.5. The molecule has 0 aliphatic heterocycles. The van der Waals surface area contributed by atoms with E-state index in [9.17, 15) is 14.7 Å². The number of hydrogen-bond donors (Lipinski definition) is 2. The minimum atomic E-state index is -0.792. The summed E-state index contributed by atoms with van der Waals surface area (Å²) in [6.45, 7) is 1.02. The van der Waals surface area contributed by atoms with E-state index in [4.69, 9.17) is 14.2 Å². The fourth-order valence-electron chi connectivity index (χ4n) is 3.57. The van der Waals surface area contributed by atoms with E-state index >= 15 is 0 Å². The third-order valence-electron chi connectivity index (χ3n) is 5.39. The summed E-state index contributed by atoms with van der Waals surface area (Å²) < 4.78 is 24.0. The lowest BCUT2D eigenvalue weighted by molar-refractivity contribution is -0.142. The Morgan fingerprint density at radius 3 is 2.49 bits per heavy atom. The lowest BCUT2D eigenvalue weighted by atomic mass is 10.2. The molecule has 2 N–H and O–H groups in total. The van der Waals surface area contributed by atoms with Crippen molar-refractivity contribution in [2.24, 2.45) is 7.05 Å². The largest absolute Gasteiger partial charge is 0.492 e. The van der Waals surface area contributed by atoms with Crippen molar-refractivity contribution >= 4 is 34.8 Å². The number of nitrogens with one attached hydrogen (secondary N) is 1. The Morgan fingerprint density at radius 2 is 1.76 bits per heavy atom. The summed E-state index contributed by atoms with van der Waals surface area (Å²) in [4.78, 5) is 23.7. The number of methoxy groups -OCH3 is 1. The SMILES string of the molecule is COC(=O)COc1ccc(OCCNCC(O)COc2nn(C)c(=O)n3c2cc2ccccc23)cc1.Cl. The van der Waals surface area contributed by atoms with Crippen LogP contribution in [0.2, 0.25) is 0 Å².